The first-order valence-corrected chi connectivity index (χ1v) is 39.8. The van der Waals surface area contributed by atoms with Crippen LogP contribution >= 0.6 is 7.82 Å². The van der Waals surface area contributed by atoms with E-state index in [0.717, 1.165) is 70.6 Å². The summed E-state index contributed by atoms with van der Waals surface area (Å²) in [6.45, 7) is 3.70. The third-order valence-electron chi connectivity index (χ3n) is 17.2. The average molecular weight is 1260 g/mol. The van der Waals surface area contributed by atoms with Crippen LogP contribution in [0.1, 0.15) is 393 Å². The van der Waals surface area contributed by atoms with Crippen molar-refractivity contribution in [3.05, 3.63) is 60.8 Å². The summed E-state index contributed by atoms with van der Waals surface area (Å²) in [6.07, 6.45) is 96.4. The summed E-state index contributed by atoms with van der Waals surface area (Å²) in [7, 11) is -4.40. The van der Waals surface area contributed by atoms with E-state index in [9.17, 15) is 19.0 Å². The number of allylic oxidation sites excluding steroid dienone is 10. The summed E-state index contributed by atoms with van der Waals surface area (Å²) in [5.74, 6) is -0.808. The molecule has 0 aliphatic rings. The maximum absolute atomic E-state index is 12.8. The number of hydrogen-bond donors (Lipinski definition) is 2. The molecule has 0 saturated heterocycles. The Morgan fingerprint density at radius 2 is 0.625 bits per heavy atom. The Bertz CT molecular complexity index is 1630. The second-order valence-corrected chi connectivity index (χ2v) is 27.3. The summed E-state index contributed by atoms with van der Waals surface area (Å²) in [6, 6.07) is 0. The monoisotopic (exact) mass is 1260 g/mol. The van der Waals surface area contributed by atoms with Crippen molar-refractivity contribution in [2.24, 2.45) is 5.73 Å². The standard InChI is InChI=1S/C78H146NO8P/c1-3-5-7-9-11-13-15-17-19-21-23-25-27-29-31-33-35-36-37-38-39-41-42-44-46-48-50-52-54-56-58-60-62-64-66-68-70-77(80)84-74-76(75-86-88(82,83)85-73-72-79)87-78(81)71-69-67-65-63-61-59-57-55-53-51-49-47-45-43-40-34-32-30-28-26-24-22-20-18-16-14-12-10-8-6-4-2/h6,8,12,14,18,20,24,26,30,32,76H,3-5,7,9-11,13,15-17,19,21-23,25,27-29,31,33-75,79H2,1-2H3,(H,82,83)/b8-6-,14-12-,20-18-,26-24-,32-30-. The first-order valence-electron chi connectivity index (χ1n) is 38.3. The molecule has 0 aromatic carbocycles. The maximum Gasteiger partial charge on any atom is 0.472 e. The Balaban J connectivity index is 3.78. The molecule has 0 rings (SSSR count). The van der Waals surface area contributed by atoms with Crippen molar-refractivity contribution in [3.63, 3.8) is 0 Å². The maximum atomic E-state index is 12.8. The third kappa shape index (κ3) is 72.8. The number of nitrogens with two attached hydrogens (primary N) is 1. The Morgan fingerprint density at radius 3 is 0.932 bits per heavy atom. The van der Waals surface area contributed by atoms with Gasteiger partial charge in [-0.15, -0.1) is 0 Å². The molecule has 516 valence electrons. The van der Waals surface area contributed by atoms with Crippen LogP contribution in [0.5, 0.6) is 0 Å². The van der Waals surface area contributed by atoms with Crippen molar-refractivity contribution in [2.45, 2.75) is 399 Å². The molecule has 0 aromatic heterocycles. The Morgan fingerprint density at radius 1 is 0.352 bits per heavy atom. The second kappa shape index (κ2) is 73.8. The molecule has 0 aliphatic heterocycles. The van der Waals surface area contributed by atoms with Gasteiger partial charge in [0.15, 0.2) is 6.10 Å². The Hall–Kier alpha value is -2.29. The number of unbranched alkanes of at least 4 members (excludes halogenated alkanes) is 50. The predicted octanol–water partition coefficient (Wildman–Crippen LogP) is 25.4. The average Bonchev–Trinajstić information content (AvgIpc) is 3.71. The summed E-state index contributed by atoms with van der Waals surface area (Å²) < 4.78 is 33.2. The number of hydrogen-bond acceptors (Lipinski definition) is 8. The van der Waals surface area contributed by atoms with Crippen LogP contribution in [0, 0.1) is 0 Å². The minimum absolute atomic E-state index is 0.0543. The van der Waals surface area contributed by atoms with Crippen molar-refractivity contribution in [1.82, 2.24) is 0 Å². The molecule has 0 fully saturated rings. The molecule has 9 nitrogen and oxygen atoms in total. The van der Waals surface area contributed by atoms with Crippen molar-refractivity contribution < 1.29 is 37.6 Å². The Labute approximate surface area is 546 Å². The lowest BCUT2D eigenvalue weighted by Crippen LogP contribution is -2.29. The van der Waals surface area contributed by atoms with Crippen LogP contribution in [0.25, 0.3) is 0 Å². The topological polar surface area (TPSA) is 134 Å². The fourth-order valence-corrected chi connectivity index (χ4v) is 12.3. The zero-order chi connectivity index (χ0) is 63.7. The minimum Gasteiger partial charge on any atom is -0.462 e. The lowest BCUT2D eigenvalue weighted by atomic mass is 10.0. The zero-order valence-corrected chi connectivity index (χ0v) is 59.1. The molecule has 3 N–H and O–H groups in total. The number of rotatable bonds is 73. The first kappa shape index (κ1) is 85.7. The van der Waals surface area contributed by atoms with Gasteiger partial charge in [0.05, 0.1) is 13.2 Å². The molecule has 88 heavy (non-hydrogen) atoms. The van der Waals surface area contributed by atoms with Crippen molar-refractivity contribution in [2.75, 3.05) is 26.4 Å². The fourth-order valence-electron chi connectivity index (χ4n) is 11.6. The van der Waals surface area contributed by atoms with Crippen LogP contribution in [-0.4, -0.2) is 49.3 Å². The zero-order valence-electron chi connectivity index (χ0n) is 58.2. The molecule has 0 heterocycles. The highest BCUT2D eigenvalue weighted by Gasteiger charge is 2.26. The van der Waals surface area contributed by atoms with Crippen molar-refractivity contribution >= 4 is 19.8 Å². The molecule has 0 spiro atoms. The number of phosphoric ester groups is 1. The molecule has 0 saturated carbocycles. The third-order valence-corrected chi connectivity index (χ3v) is 18.2. The van der Waals surface area contributed by atoms with Crippen molar-refractivity contribution in [3.8, 4) is 0 Å². The quantitative estimate of drug-likeness (QED) is 0.0264. The molecule has 0 amide bonds. The summed E-state index contributed by atoms with van der Waals surface area (Å²) in [4.78, 5) is 35.4. The van der Waals surface area contributed by atoms with Crippen LogP contribution in [0.4, 0.5) is 0 Å². The summed E-state index contributed by atoms with van der Waals surface area (Å²) in [5, 5.41) is 0. The highest BCUT2D eigenvalue weighted by molar-refractivity contribution is 7.47. The first-order chi connectivity index (χ1) is 43.3. The van der Waals surface area contributed by atoms with E-state index in [-0.39, 0.29) is 38.6 Å². The van der Waals surface area contributed by atoms with Gasteiger partial charge in [0.25, 0.3) is 0 Å². The van der Waals surface area contributed by atoms with Gasteiger partial charge >= 0.3 is 19.8 Å². The molecule has 2 atom stereocenters. The SMILES string of the molecule is CC/C=C\C/C=C\C/C=C\C/C=C\C/C=C\CCCCCCCCCCCCCCCCCC(=O)OC(COC(=O)CCCCCCCCCCCCCCCCCCCCCCCCCCCCCCCCCCCCCC)COP(=O)(O)OCCN. The Kier molecular flexibility index (Phi) is 71.8. The van der Waals surface area contributed by atoms with Gasteiger partial charge < -0.3 is 20.1 Å². The van der Waals surface area contributed by atoms with E-state index < -0.39 is 26.5 Å². The highest BCUT2D eigenvalue weighted by Crippen LogP contribution is 2.43. The molecular formula is C78H146NO8P. The molecule has 0 aromatic rings. The smallest absolute Gasteiger partial charge is 0.462 e. The van der Waals surface area contributed by atoms with Crippen LogP contribution in [0.2, 0.25) is 0 Å². The van der Waals surface area contributed by atoms with E-state index in [2.05, 4.69) is 74.6 Å². The largest absolute Gasteiger partial charge is 0.472 e. The van der Waals surface area contributed by atoms with Crippen LogP contribution < -0.4 is 5.73 Å². The fraction of sp³-hybridized carbons (Fsp3) is 0.846. The summed E-state index contributed by atoms with van der Waals surface area (Å²) >= 11 is 0. The van der Waals surface area contributed by atoms with Gasteiger partial charge in [-0.2, -0.15) is 0 Å². The number of esters is 2. The lowest BCUT2D eigenvalue weighted by Gasteiger charge is -2.19. The minimum atomic E-state index is -4.40. The van der Waals surface area contributed by atoms with Crippen molar-refractivity contribution in [1.29, 1.82) is 0 Å². The normalized spacial score (nSPS) is 13.2. The highest BCUT2D eigenvalue weighted by atomic mass is 31.2. The van der Waals surface area contributed by atoms with E-state index in [1.807, 2.05) is 0 Å². The summed E-state index contributed by atoms with van der Waals surface area (Å²) in [5.41, 5.74) is 5.41. The molecule has 2 unspecified atom stereocenters. The molecule has 10 heteroatoms. The molecule has 0 radical (unpaired) electrons. The van der Waals surface area contributed by atoms with E-state index >= 15 is 0 Å². The second-order valence-electron chi connectivity index (χ2n) is 25.9. The van der Waals surface area contributed by atoms with Gasteiger partial charge in [-0.3, -0.25) is 18.6 Å². The lowest BCUT2D eigenvalue weighted by molar-refractivity contribution is -0.161. The van der Waals surface area contributed by atoms with Gasteiger partial charge in [0.1, 0.15) is 6.61 Å². The van der Waals surface area contributed by atoms with Gasteiger partial charge in [-0.1, -0.05) is 383 Å². The predicted molar refractivity (Wildman–Crippen MR) is 381 cm³/mol. The van der Waals surface area contributed by atoms with E-state index in [1.54, 1.807) is 0 Å². The molecular weight excluding hydrogens is 1110 g/mol. The number of phosphoric acid groups is 1. The van der Waals surface area contributed by atoms with Crippen LogP contribution in [-0.2, 0) is 32.7 Å². The van der Waals surface area contributed by atoms with Crippen LogP contribution in [0.3, 0.4) is 0 Å². The van der Waals surface area contributed by atoms with Crippen LogP contribution in [0.15, 0.2) is 60.8 Å². The van der Waals surface area contributed by atoms with Gasteiger partial charge in [-0.25, -0.2) is 4.57 Å². The van der Waals surface area contributed by atoms with Gasteiger partial charge in [0, 0.05) is 19.4 Å². The van der Waals surface area contributed by atoms with E-state index in [4.69, 9.17) is 24.3 Å². The molecule has 0 aliphatic carbocycles. The van der Waals surface area contributed by atoms with E-state index in [0.29, 0.717) is 6.42 Å². The van der Waals surface area contributed by atoms with E-state index in [1.165, 1.54) is 289 Å². The van der Waals surface area contributed by atoms with Gasteiger partial charge in [-0.05, 0) is 57.8 Å². The number of ether oxygens (including phenoxy) is 2. The van der Waals surface area contributed by atoms with Gasteiger partial charge in [0.2, 0.25) is 0 Å². The number of carbonyl (C=O) groups excluding carboxylic acids is 2. The number of carbonyl (C=O) groups is 2. The molecule has 0 bridgehead atoms.